The fourth-order valence-corrected chi connectivity index (χ4v) is 2.60. The normalized spacial score (nSPS) is 13.0. The third-order valence-electron chi connectivity index (χ3n) is 5.15. The van der Waals surface area contributed by atoms with Gasteiger partial charge in [-0.15, -0.1) is 0 Å². The highest BCUT2D eigenvalue weighted by atomic mass is 16.2. The molecular formula is C21H96N4O2. The second-order valence-electron chi connectivity index (χ2n) is 7.31. The molecule has 2 aromatic rings. The van der Waals surface area contributed by atoms with Gasteiger partial charge in [-0.25, -0.2) is 0 Å². The van der Waals surface area contributed by atoms with Gasteiger partial charge in [-0.3, -0.25) is 19.6 Å². The first kappa shape index (κ1) is 20.6. The molecule has 0 aromatic carbocycles. The number of pyridine rings is 2. The number of amides is 2. The Balaban J connectivity index is -0.00000000744. The number of carbonyl (C=O) groups excluding carboxylic acids is 2. The number of hydrogen-bond donors (Lipinski definition) is 2. The van der Waals surface area contributed by atoms with E-state index < -0.39 is 5.54 Å². The Kier molecular flexibility index (Phi) is 6.31. The highest BCUT2D eigenvalue weighted by Gasteiger charge is 2.26. The molecule has 0 aliphatic carbocycles. The molecule has 0 spiro atoms. The van der Waals surface area contributed by atoms with Crippen LogP contribution < -0.4 is 10.6 Å². The molecule has 0 aliphatic rings. The molecule has 27 heavy (non-hydrogen) atoms. The number of carbonyl (C=O) groups is 2. The molecule has 2 N–H and O–H groups in total. The fourth-order valence-electron chi connectivity index (χ4n) is 2.60. The summed E-state index contributed by atoms with van der Waals surface area (Å²) in [5.41, 5.74) is 4.25. The minimum atomic E-state index is -0.573. The predicted octanol–water partition coefficient (Wildman–Crippen LogP) is 11.4. The van der Waals surface area contributed by atoms with Gasteiger partial charge >= 0.3 is 0 Å². The molecule has 2 rings (SSSR count). The van der Waals surface area contributed by atoms with Crippen LogP contribution in [0.5, 0.6) is 0 Å². The van der Waals surface area contributed by atoms with Gasteiger partial charge in [0, 0.05) is 79.3 Å². The van der Waals surface area contributed by atoms with Crippen molar-refractivity contribution in [3.63, 3.8) is 0 Å². The first-order valence-electron chi connectivity index (χ1n) is 9.12. The average molecular weight is 437 g/mol. The van der Waals surface area contributed by atoms with Crippen molar-refractivity contribution in [3.05, 3.63) is 58.2 Å². The van der Waals surface area contributed by atoms with Gasteiger partial charge in [-0.1, -0.05) is 6.92 Å². The molecule has 212 valence electrons. The van der Waals surface area contributed by atoms with Gasteiger partial charge in [-0.2, -0.15) is 0 Å². The maximum atomic E-state index is 12.7. The van der Waals surface area contributed by atoms with Crippen LogP contribution in [0.3, 0.4) is 0 Å². The van der Waals surface area contributed by atoms with E-state index >= 15 is 0 Å². The van der Waals surface area contributed by atoms with Crippen molar-refractivity contribution in [2.75, 3.05) is 6.54 Å². The standard InChI is InChI=1S/C21H28N4O2.34H2/c1-7-21(6,25-20(27)18-11-22-9-14(3)15(18)4)12-24-19(26)17-8-13(2)16(5)23-10-17;;;;;;;;;;;;;;;;;;;;;;;;;;;;;;;;;;/h8-11H,7,12H2,1-6H3,(H,24,26)(H,25,27);34*1H. The van der Waals surface area contributed by atoms with E-state index in [1.165, 1.54) is 0 Å². The molecule has 1 atom stereocenters. The van der Waals surface area contributed by atoms with Crippen molar-refractivity contribution in [2.24, 2.45) is 0 Å². The van der Waals surface area contributed by atoms with Crippen LogP contribution in [-0.2, 0) is 0 Å². The van der Waals surface area contributed by atoms with Crippen LogP contribution in [0, 0.1) is 27.7 Å². The van der Waals surface area contributed by atoms with Crippen molar-refractivity contribution < 1.29 is 58.1 Å². The maximum absolute atomic E-state index is 12.7. The fraction of sp³-hybridized carbons (Fsp3) is 0.429. The topological polar surface area (TPSA) is 84.0 Å². The number of nitrogens with zero attached hydrogens (tertiary/aromatic N) is 2. The summed E-state index contributed by atoms with van der Waals surface area (Å²) in [7, 11) is 0. The molecular weight excluding hydrogens is 340 g/mol. The molecule has 0 aliphatic heterocycles. The highest BCUT2D eigenvalue weighted by Crippen LogP contribution is 2.15. The van der Waals surface area contributed by atoms with Gasteiger partial charge in [0.15, 0.2) is 0 Å². The third-order valence-corrected chi connectivity index (χ3v) is 5.15. The van der Waals surface area contributed by atoms with Crippen LogP contribution in [0.25, 0.3) is 0 Å². The van der Waals surface area contributed by atoms with Crippen molar-refractivity contribution >= 4 is 11.8 Å². The van der Waals surface area contributed by atoms with Crippen molar-refractivity contribution in [1.82, 2.24) is 20.6 Å². The molecule has 6 nitrogen and oxygen atoms in total. The lowest BCUT2D eigenvalue weighted by Crippen LogP contribution is -2.53. The molecule has 6 heteroatoms. The summed E-state index contributed by atoms with van der Waals surface area (Å²) in [4.78, 5) is 33.5. The molecule has 0 saturated heterocycles. The van der Waals surface area contributed by atoms with Crippen molar-refractivity contribution in [1.29, 1.82) is 0 Å². The zero-order valence-corrected chi connectivity index (χ0v) is 16.9. The van der Waals surface area contributed by atoms with E-state index in [4.69, 9.17) is 0 Å². The van der Waals surface area contributed by atoms with E-state index in [-0.39, 0.29) is 60.3 Å². The SMILES string of the molecule is CCC(C)(CNC(=O)c1cnc(C)c(C)c1)NC(=O)c1cncc(C)c1C.[HH].[HH].[HH].[HH].[HH].[HH].[HH].[HH].[HH].[HH].[HH].[HH].[HH].[HH].[HH].[HH].[HH].[HH].[HH].[HH].[HH].[HH].[HH].[HH].[HH].[HH].[HH].[HH].[HH].[HH].[HH].[HH].[HH].[HH]. The van der Waals surface area contributed by atoms with E-state index in [1.807, 2.05) is 47.6 Å². The second-order valence-corrected chi connectivity index (χ2v) is 7.31. The van der Waals surface area contributed by atoms with Gasteiger partial charge in [0.05, 0.1) is 16.7 Å². The van der Waals surface area contributed by atoms with Crippen LogP contribution in [0.1, 0.15) is 112 Å². The smallest absolute Gasteiger partial charge is 0.253 e. The maximum Gasteiger partial charge on any atom is 0.253 e. The summed E-state index contributed by atoms with van der Waals surface area (Å²) < 4.78 is 0. The summed E-state index contributed by atoms with van der Waals surface area (Å²) in [5.74, 6) is -0.386. The van der Waals surface area contributed by atoms with Gasteiger partial charge in [0.1, 0.15) is 0 Å². The predicted molar refractivity (Wildman–Crippen MR) is 178 cm³/mol. The molecule has 0 bridgehead atoms. The minimum Gasteiger partial charge on any atom is -0.350 e. The van der Waals surface area contributed by atoms with Crippen molar-refractivity contribution in [2.45, 2.75) is 53.5 Å². The largest absolute Gasteiger partial charge is 0.350 e. The van der Waals surface area contributed by atoms with Gasteiger partial charge in [0.2, 0.25) is 0 Å². The van der Waals surface area contributed by atoms with Gasteiger partial charge < -0.3 is 10.6 Å². The molecule has 2 amide bonds. The zero-order valence-electron chi connectivity index (χ0n) is 16.9. The second kappa shape index (κ2) is 8.29. The van der Waals surface area contributed by atoms with Crippen LogP contribution in [0.15, 0.2) is 24.7 Å². The van der Waals surface area contributed by atoms with E-state index in [9.17, 15) is 9.59 Å². The Morgan fingerprint density at radius 1 is 1.07 bits per heavy atom. The van der Waals surface area contributed by atoms with Crippen LogP contribution in [0.4, 0.5) is 0 Å². The first-order chi connectivity index (χ1) is 12.7. The van der Waals surface area contributed by atoms with Gasteiger partial charge in [0.25, 0.3) is 11.8 Å². The lowest BCUT2D eigenvalue weighted by Gasteiger charge is -2.30. The molecule has 1 unspecified atom stereocenters. The van der Waals surface area contributed by atoms with E-state index in [0.717, 1.165) is 22.4 Å². The quantitative estimate of drug-likeness (QED) is 0.471. The number of aromatic nitrogens is 2. The molecule has 0 fully saturated rings. The lowest BCUT2D eigenvalue weighted by molar-refractivity contribution is 0.0870. The third kappa shape index (κ3) is 4.90. The number of aryl methyl sites for hydroxylation is 3. The molecule has 2 heterocycles. The first-order valence-corrected chi connectivity index (χ1v) is 9.12. The van der Waals surface area contributed by atoms with Crippen LogP contribution >= 0.6 is 0 Å². The van der Waals surface area contributed by atoms with Gasteiger partial charge in [-0.05, 0) is 63.8 Å². The lowest BCUT2D eigenvalue weighted by atomic mass is 9.97. The monoisotopic (exact) mass is 437 g/mol. The van der Waals surface area contributed by atoms with E-state index in [1.54, 1.807) is 18.6 Å². The summed E-state index contributed by atoms with van der Waals surface area (Å²) in [6, 6.07) is 1.82. The van der Waals surface area contributed by atoms with Crippen molar-refractivity contribution in [3.8, 4) is 0 Å². The minimum absolute atomic E-state index is 0. The van der Waals surface area contributed by atoms with Crippen LogP contribution in [-0.4, -0.2) is 33.9 Å². The Bertz CT molecular complexity index is 924. The Morgan fingerprint density at radius 3 is 2.41 bits per heavy atom. The summed E-state index contributed by atoms with van der Waals surface area (Å²) >= 11 is 0. The zero-order chi connectivity index (χ0) is 20.2. The Labute approximate surface area is 211 Å². The molecule has 2 aromatic heterocycles. The Hall–Kier alpha value is -2.76. The number of hydrogen-bond acceptors (Lipinski definition) is 4. The highest BCUT2D eigenvalue weighted by molar-refractivity contribution is 5.96. The number of rotatable bonds is 6. The number of nitrogens with one attached hydrogen (secondary N) is 2. The summed E-state index contributed by atoms with van der Waals surface area (Å²) in [6.45, 7) is 11.9. The van der Waals surface area contributed by atoms with E-state index in [2.05, 4.69) is 20.6 Å². The van der Waals surface area contributed by atoms with E-state index in [0.29, 0.717) is 24.1 Å². The average Bonchev–Trinajstić information content (AvgIpc) is 2.64. The molecule has 0 saturated carbocycles. The van der Waals surface area contributed by atoms with Crippen LogP contribution in [0.2, 0.25) is 0 Å². The Morgan fingerprint density at radius 2 is 1.78 bits per heavy atom. The summed E-state index contributed by atoms with van der Waals surface area (Å²) in [6.07, 6.45) is 5.56. The molecule has 0 radical (unpaired) electrons. The summed E-state index contributed by atoms with van der Waals surface area (Å²) in [5, 5.41) is 5.96.